The second kappa shape index (κ2) is 5.47. The molecule has 0 radical (unpaired) electrons. The van der Waals surface area contributed by atoms with Gasteiger partial charge in [-0.2, -0.15) is 0 Å². The molecule has 1 aliphatic carbocycles. The molecule has 0 aromatic heterocycles. The molecule has 0 heterocycles. The molecule has 1 saturated carbocycles. The molecule has 20 heavy (non-hydrogen) atoms. The van der Waals surface area contributed by atoms with E-state index in [0.29, 0.717) is 5.69 Å². The van der Waals surface area contributed by atoms with Gasteiger partial charge in [-0.1, -0.05) is 38.8 Å². The number of hydrogen-bond acceptors (Lipinski definition) is 2. The highest BCUT2D eigenvalue weighted by molar-refractivity contribution is 5.83. The Balaban J connectivity index is 2.30. The smallest absolute Gasteiger partial charge is 0.314 e. The zero-order chi connectivity index (χ0) is 14.8. The normalized spacial score (nSPS) is 19.3. The SMILES string of the molecule is CCCC1(CCC)CC(C(=O)O)(c2cccc(N)c2)C1. The molecule has 3 nitrogen and oxygen atoms in total. The molecule has 1 aromatic carbocycles. The monoisotopic (exact) mass is 275 g/mol. The van der Waals surface area contributed by atoms with Crippen LogP contribution in [-0.2, 0) is 10.2 Å². The zero-order valence-electron chi connectivity index (χ0n) is 12.5. The van der Waals surface area contributed by atoms with Crippen LogP contribution in [0.25, 0.3) is 0 Å². The third-order valence-electron chi connectivity index (χ3n) is 4.76. The molecule has 0 spiro atoms. The maximum Gasteiger partial charge on any atom is 0.314 e. The van der Waals surface area contributed by atoms with Crippen LogP contribution in [-0.4, -0.2) is 11.1 Å². The number of carboxylic acids is 1. The predicted octanol–water partition coefficient (Wildman–Crippen LogP) is 3.97. The van der Waals surface area contributed by atoms with E-state index >= 15 is 0 Å². The second-order valence-corrected chi connectivity index (χ2v) is 6.37. The van der Waals surface area contributed by atoms with Crippen LogP contribution in [0.1, 0.15) is 57.9 Å². The summed E-state index contributed by atoms with van der Waals surface area (Å²) < 4.78 is 0. The van der Waals surface area contributed by atoms with Gasteiger partial charge in [0.05, 0.1) is 5.41 Å². The number of carbonyl (C=O) groups is 1. The van der Waals surface area contributed by atoms with Crippen LogP contribution >= 0.6 is 0 Å². The molecule has 0 bridgehead atoms. The van der Waals surface area contributed by atoms with E-state index in [1.807, 2.05) is 24.3 Å². The van der Waals surface area contributed by atoms with Crippen LogP contribution in [0, 0.1) is 5.41 Å². The van der Waals surface area contributed by atoms with Crippen molar-refractivity contribution in [1.82, 2.24) is 0 Å². The number of benzene rings is 1. The minimum atomic E-state index is -0.723. The van der Waals surface area contributed by atoms with E-state index in [-0.39, 0.29) is 5.41 Å². The van der Waals surface area contributed by atoms with Crippen molar-refractivity contribution in [2.75, 3.05) is 5.73 Å². The van der Waals surface area contributed by atoms with Gasteiger partial charge in [0, 0.05) is 5.69 Å². The third-order valence-corrected chi connectivity index (χ3v) is 4.76. The van der Waals surface area contributed by atoms with Gasteiger partial charge in [0.2, 0.25) is 0 Å². The van der Waals surface area contributed by atoms with Gasteiger partial charge >= 0.3 is 5.97 Å². The number of rotatable bonds is 6. The van der Waals surface area contributed by atoms with Crippen molar-refractivity contribution >= 4 is 11.7 Å². The standard InChI is InChI=1S/C17H25NO2/c1-3-8-16(9-4-2)11-17(12-16,15(19)20)13-6-5-7-14(18)10-13/h5-7,10H,3-4,8-9,11-12,18H2,1-2H3,(H,19,20). The maximum atomic E-state index is 11.9. The molecule has 0 unspecified atom stereocenters. The van der Waals surface area contributed by atoms with Gasteiger partial charge in [0.25, 0.3) is 0 Å². The molecule has 0 saturated heterocycles. The van der Waals surface area contributed by atoms with Gasteiger partial charge in [-0.3, -0.25) is 4.79 Å². The summed E-state index contributed by atoms with van der Waals surface area (Å²) in [4.78, 5) is 11.9. The van der Waals surface area contributed by atoms with E-state index in [1.165, 1.54) is 0 Å². The molecule has 3 heteroatoms. The van der Waals surface area contributed by atoms with Gasteiger partial charge < -0.3 is 10.8 Å². The number of nitrogens with two attached hydrogens (primary N) is 1. The van der Waals surface area contributed by atoms with E-state index in [9.17, 15) is 9.90 Å². The van der Waals surface area contributed by atoms with Crippen molar-refractivity contribution < 1.29 is 9.90 Å². The Morgan fingerprint density at radius 3 is 2.30 bits per heavy atom. The van der Waals surface area contributed by atoms with Gasteiger partial charge in [-0.15, -0.1) is 0 Å². The lowest BCUT2D eigenvalue weighted by Crippen LogP contribution is -2.54. The average Bonchev–Trinajstić information content (AvgIpc) is 2.35. The third kappa shape index (κ3) is 2.41. The number of anilines is 1. The topological polar surface area (TPSA) is 63.3 Å². The fourth-order valence-corrected chi connectivity index (χ4v) is 4.08. The Labute approximate surface area is 121 Å². The van der Waals surface area contributed by atoms with Gasteiger partial charge in [0.1, 0.15) is 0 Å². The highest BCUT2D eigenvalue weighted by Gasteiger charge is 2.58. The molecule has 0 atom stereocenters. The Morgan fingerprint density at radius 2 is 1.85 bits per heavy atom. The first-order chi connectivity index (χ1) is 9.48. The summed E-state index contributed by atoms with van der Waals surface area (Å²) in [5.41, 5.74) is 6.83. The van der Waals surface area contributed by atoms with E-state index in [4.69, 9.17) is 5.73 Å². The summed E-state index contributed by atoms with van der Waals surface area (Å²) in [7, 11) is 0. The van der Waals surface area contributed by atoms with Crippen LogP contribution in [0.4, 0.5) is 5.69 Å². The molecule has 1 fully saturated rings. The summed E-state index contributed by atoms with van der Waals surface area (Å²) in [5.74, 6) is -0.703. The lowest BCUT2D eigenvalue weighted by atomic mass is 9.48. The van der Waals surface area contributed by atoms with Crippen LogP contribution in [0.2, 0.25) is 0 Å². The summed E-state index contributed by atoms with van der Waals surface area (Å²) in [6.45, 7) is 4.36. The van der Waals surface area contributed by atoms with Gasteiger partial charge in [-0.05, 0) is 48.8 Å². The van der Waals surface area contributed by atoms with Crippen molar-refractivity contribution in [1.29, 1.82) is 0 Å². The van der Waals surface area contributed by atoms with E-state index < -0.39 is 11.4 Å². The number of aliphatic carboxylic acids is 1. The molecule has 0 aliphatic heterocycles. The average molecular weight is 275 g/mol. The number of carboxylic acid groups (broad SMARTS) is 1. The quantitative estimate of drug-likeness (QED) is 0.772. The lowest BCUT2D eigenvalue weighted by molar-refractivity contribution is -0.155. The highest BCUT2D eigenvalue weighted by Crippen LogP contribution is 2.60. The van der Waals surface area contributed by atoms with Crippen LogP contribution < -0.4 is 5.73 Å². The van der Waals surface area contributed by atoms with Crippen molar-refractivity contribution in [3.8, 4) is 0 Å². The Hall–Kier alpha value is -1.51. The highest BCUT2D eigenvalue weighted by atomic mass is 16.4. The second-order valence-electron chi connectivity index (χ2n) is 6.37. The predicted molar refractivity (Wildman–Crippen MR) is 81.7 cm³/mol. The summed E-state index contributed by atoms with van der Waals surface area (Å²) in [6, 6.07) is 7.40. The Morgan fingerprint density at radius 1 is 1.25 bits per heavy atom. The van der Waals surface area contributed by atoms with Crippen LogP contribution in [0.15, 0.2) is 24.3 Å². The van der Waals surface area contributed by atoms with E-state index in [0.717, 1.165) is 44.1 Å². The first kappa shape index (κ1) is 14.9. The number of hydrogen-bond donors (Lipinski definition) is 2. The molecule has 1 aromatic rings. The minimum absolute atomic E-state index is 0.215. The molecule has 2 rings (SSSR count). The lowest BCUT2D eigenvalue weighted by Gasteiger charge is -2.55. The summed E-state index contributed by atoms with van der Waals surface area (Å²) in [5, 5.41) is 9.76. The first-order valence-electron chi connectivity index (χ1n) is 7.57. The summed E-state index contributed by atoms with van der Waals surface area (Å²) in [6.07, 6.45) is 5.98. The molecule has 0 amide bonds. The largest absolute Gasteiger partial charge is 0.481 e. The Kier molecular flexibility index (Phi) is 4.07. The zero-order valence-corrected chi connectivity index (χ0v) is 12.5. The minimum Gasteiger partial charge on any atom is -0.481 e. The Bertz CT molecular complexity index is 482. The first-order valence-corrected chi connectivity index (χ1v) is 7.57. The molecule has 1 aliphatic rings. The molecule has 3 N–H and O–H groups in total. The molecular formula is C17H25NO2. The fourth-order valence-electron chi connectivity index (χ4n) is 4.08. The van der Waals surface area contributed by atoms with Crippen molar-refractivity contribution in [3.05, 3.63) is 29.8 Å². The van der Waals surface area contributed by atoms with Crippen molar-refractivity contribution in [3.63, 3.8) is 0 Å². The van der Waals surface area contributed by atoms with Crippen LogP contribution in [0.3, 0.4) is 0 Å². The van der Waals surface area contributed by atoms with Gasteiger partial charge in [-0.25, -0.2) is 0 Å². The van der Waals surface area contributed by atoms with Gasteiger partial charge in [0.15, 0.2) is 0 Å². The summed E-state index contributed by atoms with van der Waals surface area (Å²) >= 11 is 0. The van der Waals surface area contributed by atoms with E-state index in [1.54, 1.807) is 0 Å². The van der Waals surface area contributed by atoms with Crippen molar-refractivity contribution in [2.24, 2.45) is 5.41 Å². The van der Waals surface area contributed by atoms with Crippen molar-refractivity contribution in [2.45, 2.75) is 57.8 Å². The molecular weight excluding hydrogens is 250 g/mol. The number of nitrogen functional groups attached to an aromatic ring is 1. The fraction of sp³-hybridized carbons (Fsp3) is 0.588. The van der Waals surface area contributed by atoms with Crippen LogP contribution in [0.5, 0.6) is 0 Å². The maximum absolute atomic E-state index is 11.9. The molecule has 110 valence electrons. The van der Waals surface area contributed by atoms with E-state index in [2.05, 4.69) is 13.8 Å².